The lowest BCUT2D eigenvalue weighted by molar-refractivity contribution is -0.149. The molecule has 0 radical (unpaired) electrons. The van der Waals surface area contributed by atoms with Crippen molar-refractivity contribution in [3.8, 4) is 11.1 Å². The van der Waals surface area contributed by atoms with Gasteiger partial charge in [0, 0.05) is 5.92 Å². The number of carboxylic acid groups (broad SMARTS) is 1. The molecule has 146 valence electrons. The van der Waals surface area contributed by atoms with Crippen LogP contribution in [0, 0.1) is 0 Å². The van der Waals surface area contributed by atoms with Crippen LogP contribution in [0.4, 0.5) is 4.79 Å². The van der Waals surface area contributed by atoms with Crippen LogP contribution in [-0.2, 0) is 19.1 Å². The zero-order valence-corrected chi connectivity index (χ0v) is 15.4. The van der Waals surface area contributed by atoms with Gasteiger partial charge in [0.15, 0.2) is 0 Å². The number of carbonyl (C=O) groups excluding carboxylic acids is 2. The highest BCUT2D eigenvalue weighted by atomic mass is 16.6. The summed E-state index contributed by atoms with van der Waals surface area (Å²) in [5, 5.41) is 11.4. The second-order valence-electron chi connectivity index (χ2n) is 6.37. The fraction of sp³-hybridized carbons (Fsp3) is 0.286. The number of esters is 1. The summed E-state index contributed by atoms with van der Waals surface area (Å²) in [5.41, 5.74) is 4.30. The van der Waals surface area contributed by atoms with Gasteiger partial charge in [-0.2, -0.15) is 0 Å². The Hall–Kier alpha value is -3.35. The minimum Gasteiger partial charge on any atom is -0.480 e. The maximum absolute atomic E-state index is 12.1. The molecule has 0 aliphatic heterocycles. The number of ether oxygens (including phenoxy) is 2. The van der Waals surface area contributed by atoms with Crippen LogP contribution in [0.5, 0.6) is 0 Å². The monoisotopic (exact) mass is 383 g/mol. The summed E-state index contributed by atoms with van der Waals surface area (Å²) in [4.78, 5) is 34.9. The summed E-state index contributed by atoms with van der Waals surface area (Å²) in [6, 6.07) is 14.4. The number of benzene rings is 2. The van der Waals surface area contributed by atoms with Crippen LogP contribution >= 0.6 is 0 Å². The summed E-state index contributed by atoms with van der Waals surface area (Å²) in [6.45, 7) is 1.81. The van der Waals surface area contributed by atoms with Crippen LogP contribution in [0.25, 0.3) is 11.1 Å². The number of nitrogens with one attached hydrogen (secondary N) is 1. The fourth-order valence-corrected chi connectivity index (χ4v) is 3.37. The Morgan fingerprint density at radius 1 is 1.00 bits per heavy atom. The molecule has 0 aromatic heterocycles. The molecule has 1 aliphatic rings. The third kappa shape index (κ3) is 4.14. The number of alkyl carbamates (subject to hydrolysis) is 1. The van der Waals surface area contributed by atoms with Gasteiger partial charge >= 0.3 is 18.0 Å². The van der Waals surface area contributed by atoms with Gasteiger partial charge in [0.2, 0.25) is 0 Å². The van der Waals surface area contributed by atoms with E-state index in [-0.39, 0.29) is 19.1 Å². The predicted molar refractivity (Wildman–Crippen MR) is 101 cm³/mol. The molecule has 0 bridgehead atoms. The van der Waals surface area contributed by atoms with Gasteiger partial charge in [0.1, 0.15) is 12.6 Å². The molecule has 0 saturated heterocycles. The highest BCUT2D eigenvalue weighted by molar-refractivity contribution is 5.85. The average molecular weight is 383 g/mol. The molecule has 0 unspecified atom stereocenters. The topological polar surface area (TPSA) is 102 Å². The van der Waals surface area contributed by atoms with E-state index in [2.05, 4.69) is 5.32 Å². The fourth-order valence-electron chi connectivity index (χ4n) is 3.37. The van der Waals surface area contributed by atoms with Gasteiger partial charge in [-0.25, -0.2) is 9.59 Å². The van der Waals surface area contributed by atoms with E-state index in [0.29, 0.717) is 0 Å². The van der Waals surface area contributed by atoms with Crippen molar-refractivity contribution in [1.29, 1.82) is 0 Å². The molecule has 1 amide bonds. The van der Waals surface area contributed by atoms with Crippen molar-refractivity contribution in [1.82, 2.24) is 5.32 Å². The summed E-state index contributed by atoms with van der Waals surface area (Å²) < 4.78 is 10.0. The number of rotatable bonds is 7. The maximum Gasteiger partial charge on any atom is 0.407 e. The smallest absolute Gasteiger partial charge is 0.407 e. The van der Waals surface area contributed by atoms with Crippen LogP contribution in [0.1, 0.15) is 30.4 Å². The van der Waals surface area contributed by atoms with Gasteiger partial charge < -0.3 is 19.9 Å². The number of fused-ring (bicyclic) bond motifs is 3. The largest absolute Gasteiger partial charge is 0.480 e. The first-order valence-electron chi connectivity index (χ1n) is 9.01. The Labute approximate surface area is 162 Å². The summed E-state index contributed by atoms with van der Waals surface area (Å²) in [7, 11) is 0. The molecule has 0 saturated carbocycles. The van der Waals surface area contributed by atoms with Crippen LogP contribution in [0.3, 0.4) is 0 Å². The molecule has 1 aliphatic carbocycles. The third-order valence-electron chi connectivity index (χ3n) is 4.61. The minimum absolute atomic E-state index is 0.0611. The van der Waals surface area contributed by atoms with E-state index in [4.69, 9.17) is 9.47 Å². The Balaban J connectivity index is 1.66. The van der Waals surface area contributed by atoms with Crippen molar-refractivity contribution < 1.29 is 29.0 Å². The van der Waals surface area contributed by atoms with Crippen LogP contribution in [-0.4, -0.2) is 42.4 Å². The quantitative estimate of drug-likeness (QED) is 0.713. The second-order valence-corrected chi connectivity index (χ2v) is 6.37. The molecule has 3 rings (SSSR count). The number of aliphatic carboxylic acids is 1. The van der Waals surface area contributed by atoms with E-state index in [0.717, 1.165) is 22.3 Å². The number of hydrogen-bond acceptors (Lipinski definition) is 5. The molecule has 0 fully saturated rings. The first kappa shape index (κ1) is 19.4. The lowest BCUT2D eigenvalue weighted by Crippen LogP contribution is -2.43. The van der Waals surface area contributed by atoms with E-state index in [1.807, 2.05) is 48.5 Å². The van der Waals surface area contributed by atoms with Crippen molar-refractivity contribution in [3.05, 3.63) is 59.7 Å². The van der Waals surface area contributed by atoms with E-state index in [1.54, 1.807) is 6.92 Å². The summed E-state index contributed by atoms with van der Waals surface area (Å²) in [6.07, 6.45) is -1.36. The van der Waals surface area contributed by atoms with Crippen molar-refractivity contribution >= 4 is 18.0 Å². The van der Waals surface area contributed by atoms with Gasteiger partial charge in [0.25, 0.3) is 0 Å². The lowest BCUT2D eigenvalue weighted by atomic mass is 9.98. The standard InChI is InChI=1S/C21H21NO6/c1-2-27-19(23)11-18(20(24)25)22-21(26)28-12-17-15-9-5-3-7-13(15)14-8-4-6-10-16(14)17/h3-10,17-18H,2,11-12H2,1H3,(H,22,26)(H,24,25)/t18-/m1/s1. The van der Waals surface area contributed by atoms with Crippen molar-refractivity contribution in [3.63, 3.8) is 0 Å². The van der Waals surface area contributed by atoms with E-state index in [1.165, 1.54) is 0 Å². The number of amides is 1. The number of hydrogen-bond donors (Lipinski definition) is 2. The van der Waals surface area contributed by atoms with Gasteiger partial charge in [-0.3, -0.25) is 4.79 Å². The molecule has 2 aromatic rings. The molecule has 2 N–H and O–H groups in total. The molecule has 7 nitrogen and oxygen atoms in total. The molecule has 0 heterocycles. The lowest BCUT2D eigenvalue weighted by Gasteiger charge is -2.17. The first-order chi connectivity index (χ1) is 13.5. The van der Waals surface area contributed by atoms with E-state index < -0.39 is 30.5 Å². The number of carboxylic acids is 1. The summed E-state index contributed by atoms with van der Waals surface area (Å²) >= 11 is 0. The Kier molecular flexibility index (Phi) is 5.93. The van der Waals surface area contributed by atoms with Crippen molar-refractivity contribution in [2.45, 2.75) is 25.3 Å². The second kappa shape index (κ2) is 8.56. The third-order valence-corrected chi connectivity index (χ3v) is 4.61. The molecule has 2 aromatic carbocycles. The number of carbonyl (C=O) groups is 3. The minimum atomic E-state index is -1.41. The van der Waals surface area contributed by atoms with Crippen LogP contribution in [0.15, 0.2) is 48.5 Å². The first-order valence-corrected chi connectivity index (χ1v) is 9.01. The molecular weight excluding hydrogens is 362 g/mol. The maximum atomic E-state index is 12.1. The molecular formula is C21H21NO6. The van der Waals surface area contributed by atoms with Crippen molar-refractivity contribution in [2.24, 2.45) is 0 Å². The van der Waals surface area contributed by atoms with Crippen molar-refractivity contribution in [2.75, 3.05) is 13.2 Å². The normalized spacial score (nSPS) is 13.2. The van der Waals surface area contributed by atoms with Gasteiger partial charge in [-0.05, 0) is 29.2 Å². The van der Waals surface area contributed by atoms with Gasteiger partial charge in [-0.1, -0.05) is 48.5 Å². The highest BCUT2D eigenvalue weighted by Gasteiger charge is 2.30. The Morgan fingerprint density at radius 3 is 2.11 bits per heavy atom. The predicted octanol–water partition coefficient (Wildman–Crippen LogP) is 2.93. The van der Waals surface area contributed by atoms with E-state index >= 15 is 0 Å². The van der Waals surface area contributed by atoms with Gasteiger partial charge in [0.05, 0.1) is 13.0 Å². The Morgan fingerprint density at radius 2 is 1.57 bits per heavy atom. The average Bonchev–Trinajstić information content (AvgIpc) is 3.00. The summed E-state index contributed by atoms with van der Waals surface area (Å²) in [5.74, 6) is -2.16. The van der Waals surface area contributed by atoms with Crippen LogP contribution < -0.4 is 5.32 Å². The SMILES string of the molecule is CCOC(=O)C[C@@H](NC(=O)OCC1c2ccccc2-c2ccccc21)C(=O)O. The van der Waals surface area contributed by atoms with E-state index in [9.17, 15) is 19.5 Å². The zero-order valence-electron chi connectivity index (χ0n) is 15.4. The molecule has 7 heteroatoms. The Bertz CT molecular complexity index is 848. The molecule has 0 spiro atoms. The zero-order chi connectivity index (χ0) is 20.1. The molecule has 28 heavy (non-hydrogen) atoms. The van der Waals surface area contributed by atoms with Crippen LogP contribution in [0.2, 0.25) is 0 Å². The van der Waals surface area contributed by atoms with Gasteiger partial charge in [-0.15, -0.1) is 0 Å². The highest BCUT2D eigenvalue weighted by Crippen LogP contribution is 2.44. The molecule has 1 atom stereocenters.